The molecule has 0 radical (unpaired) electrons. The number of nitrogens with one attached hydrogen (secondary N) is 2. The Morgan fingerprint density at radius 2 is 1.96 bits per heavy atom. The lowest BCUT2D eigenvalue weighted by molar-refractivity contribution is 0.464. The molecule has 0 aromatic carbocycles. The van der Waals surface area contributed by atoms with Gasteiger partial charge < -0.3 is 10.6 Å². The summed E-state index contributed by atoms with van der Waals surface area (Å²) in [6, 6.07) is 0.201. The predicted molar refractivity (Wildman–Crippen MR) is 127 cm³/mol. The van der Waals surface area contributed by atoms with Crippen molar-refractivity contribution in [2.45, 2.75) is 53.5 Å². The molecule has 1 heterocycles. The zero-order valence-electron chi connectivity index (χ0n) is 18.2. The lowest BCUT2D eigenvalue weighted by Crippen LogP contribution is -2.43. The second-order valence-corrected chi connectivity index (χ2v) is 9.22. The molecule has 1 rings (SSSR count). The summed E-state index contributed by atoms with van der Waals surface area (Å²) in [6.45, 7) is 11.7. The van der Waals surface area contributed by atoms with Gasteiger partial charge in [-0.1, -0.05) is 0 Å². The van der Waals surface area contributed by atoms with E-state index in [0.717, 1.165) is 24.6 Å². The van der Waals surface area contributed by atoms with Gasteiger partial charge in [0.15, 0.2) is 5.96 Å². The van der Waals surface area contributed by atoms with Crippen molar-refractivity contribution in [3.05, 3.63) is 17.0 Å². The number of sulfonamides is 1. The third-order valence-electron chi connectivity index (χ3n) is 4.64. The molecule has 0 amide bonds. The highest BCUT2D eigenvalue weighted by Gasteiger charge is 2.15. The van der Waals surface area contributed by atoms with Crippen LogP contribution in [0.15, 0.2) is 4.99 Å². The lowest BCUT2D eigenvalue weighted by Gasteiger charge is -2.19. The van der Waals surface area contributed by atoms with Crippen LogP contribution in [0.25, 0.3) is 0 Å². The Hall–Kier alpha value is -0.880. The maximum atomic E-state index is 11.8. The Kier molecular flexibility index (Phi) is 12.2. The molecule has 0 aliphatic carbocycles. The zero-order chi connectivity index (χ0) is 20.6. The maximum absolute atomic E-state index is 11.8. The van der Waals surface area contributed by atoms with E-state index in [1.54, 1.807) is 14.0 Å². The molecule has 0 aliphatic rings. The van der Waals surface area contributed by atoms with Gasteiger partial charge in [0.25, 0.3) is 0 Å². The molecule has 1 aromatic heterocycles. The molecule has 0 fully saturated rings. The molecule has 1 aromatic rings. The molecule has 10 heteroatoms. The number of nitrogens with zero attached hydrogens (tertiary/aromatic N) is 4. The van der Waals surface area contributed by atoms with Crippen molar-refractivity contribution in [2.75, 3.05) is 32.4 Å². The van der Waals surface area contributed by atoms with Crippen LogP contribution in [-0.4, -0.2) is 66.9 Å². The fourth-order valence-electron chi connectivity index (χ4n) is 2.87. The van der Waals surface area contributed by atoms with Gasteiger partial charge in [-0.2, -0.15) is 5.10 Å². The van der Waals surface area contributed by atoms with Gasteiger partial charge in [-0.3, -0.25) is 9.67 Å². The summed E-state index contributed by atoms with van der Waals surface area (Å²) >= 11 is 0. The quantitative estimate of drug-likeness (QED) is 0.209. The molecule has 8 nitrogen and oxygen atoms in total. The van der Waals surface area contributed by atoms with Crippen LogP contribution < -0.4 is 10.6 Å². The Bertz CT molecular complexity index is 733. The Morgan fingerprint density at radius 1 is 1.32 bits per heavy atom. The van der Waals surface area contributed by atoms with Crippen molar-refractivity contribution < 1.29 is 8.42 Å². The number of aryl methyl sites for hydroxylation is 2. The molecule has 0 spiro atoms. The minimum absolute atomic E-state index is 0. The van der Waals surface area contributed by atoms with E-state index >= 15 is 0 Å². The Morgan fingerprint density at radius 3 is 2.46 bits per heavy atom. The molecule has 1 atom stereocenters. The summed E-state index contributed by atoms with van der Waals surface area (Å²) in [6.07, 6.45) is 1.55. The Labute approximate surface area is 187 Å². The van der Waals surface area contributed by atoms with E-state index in [0.29, 0.717) is 19.5 Å². The van der Waals surface area contributed by atoms with Gasteiger partial charge in [0.05, 0.1) is 11.4 Å². The normalized spacial score (nSPS) is 13.4. The van der Waals surface area contributed by atoms with Gasteiger partial charge >= 0.3 is 0 Å². The lowest BCUT2D eigenvalue weighted by atomic mass is 10.1. The number of hydrogen-bond acceptors (Lipinski definition) is 4. The van der Waals surface area contributed by atoms with Gasteiger partial charge in [-0.25, -0.2) is 12.7 Å². The van der Waals surface area contributed by atoms with Crippen LogP contribution in [0.1, 0.15) is 44.1 Å². The summed E-state index contributed by atoms with van der Waals surface area (Å²) < 4.78 is 26.8. The first-order chi connectivity index (χ1) is 12.6. The van der Waals surface area contributed by atoms with Gasteiger partial charge in [0.2, 0.25) is 10.0 Å². The van der Waals surface area contributed by atoms with Crippen LogP contribution >= 0.6 is 24.0 Å². The number of halogens is 1. The zero-order valence-corrected chi connectivity index (χ0v) is 21.4. The van der Waals surface area contributed by atoms with Crippen LogP contribution in [0.4, 0.5) is 0 Å². The highest BCUT2D eigenvalue weighted by molar-refractivity contribution is 14.0. The summed E-state index contributed by atoms with van der Waals surface area (Å²) in [4.78, 5) is 4.58. The van der Waals surface area contributed by atoms with Crippen LogP contribution in [-0.2, 0) is 23.5 Å². The smallest absolute Gasteiger partial charge is 0.213 e. The third-order valence-corrected chi connectivity index (χ3v) is 6.50. The summed E-state index contributed by atoms with van der Waals surface area (Å²) in [5.74, 6) is 0.881. The SMILES string of the molecule is CCNC(=NCCCN(C)S(=O)(=O)CC)NC(C)Cc1c(C)nn(C)c1C.I. The van der Waals surface area contributed by atoms with Crippen molar-refractivity contribution in [3.63, 3.8) is 0 Å². The molecule has 0 bridgehead atoms. The topological polar surface area (TPSA) is 91.6 Å². The molecular weight excluding hydrogens is 491 g/mol. The van der Waals surface area contributed by atoms with Crippen molar-refractivity contribution in [3.8, 4) is 0 Å². The van der Waals surface area contributed by atoms with Gasteiger partial charge in [-0.15, -0.1) is 24.0 Å². The number of hydrogen-bond donors (Lipinski definition) is 2. The van der Waals surface area contributed by atoms with E-state index in [1.165, 1.54) is 15.6 Å². The first-order valence-electron chi connectivity index (χ1n) is 9.60. The maximum Gasteiger partial charge on any atom is 0.213 e. The van der Waals surface area contributed by atoms with Crippen molar-refractivity contribution in [2.24, 2.45) is 12.0 Å². The second kappa shape index (κ2) is 12.6. The molecule has 1 unspecified atom stereocenters. The van der Waals surface area contributed by atoms with Gasteiger partial charge in [0, 0.05) is 45.5 Å². The number of aromatic nitrogens is 2. The largest absolute Gasteiger partial charge is 0.357 e. The molecular formula is C18H37IN6O2S. The first kappa shape index (κ1) is 27.1. The monoisotopic (exact) mass is 528 g/mol. The van der Waals surface area contributed by atoms with Crippen LogP contribution in [0.3, 0.4) is 0 Å². The van der Waals surface area contributed by atoms with E-state index < -0.39 is 10.0 Å². The minimum Gasteiger partial charge on any atom is -0.357 e. The number of guanidine groups is 1. The standard InChI is InChI=1S/C18H36N6O2S.HI/c1-8-19-18(20-11-10-12-23(6)27(25,26)9-2)21-14(3)13-17-15(4)22-24(7)16(17)5;/h14H,8-13H2,1-7H3,(H2,19,20,21);1H. The summed E-state index contributed by atoms with van der Waals surface area (Å²) in [5, 5.41) is 11.2. The molecule has 0 saturated carbocycles. The average Bonchev–Trinajstić information content (AvgIpc) is 2.84. The van der Waals surface area contributed by atoms with Gasteiger partial charge in [-0.05, 0) is 53.0 Å². The van der Waals surface area contributed by atoms with E-state index in [9.17, 15) is 8.42 Å². The van der Waals surface area contributed by atoms with Crippen LogP contribution in [0.5, 0.6) is 0 Å². The fraction of sp³-hybridized carbons (Fsp3) is 0.778. The van der Waals surface area contributed by atoms with Crippen LogP contribution in [0, 0.1) is 13.8 Å². The number of aliphatic imine (C=N–C) groups is 1. The van der Waals surface area contributed by atoms with E-state index in [2.05, 4.69) is 34.6 Å². The second-order valence-electron chi connectivity index (χ2n) is 6.86. The van der Waals surface area contributed by atoms with E-state index in [-0.39, 0.29) is 35.8 Å². The molecule has 0 aliphatic heterocycles. The molecule has 0 saturated heterocycles. The number of rotatable bonds is 10. The van der Waals surface area contributed by atoms with Gasteiger partial charge in [0.1, 0.15) is 0 Å². The summed E-state index contributed by atoms with van der Waals surface area (Å²) in [5.41, 5.74) is 3.51. The first-order valence-corrected chi connectivity index (χ1v) is 11.2. The molecule has 28 heavy (non-hydrogen) atoms. The summed E-state index contributed by atoms with van der Waals surface area (Å²) in [7, 11) is 0.458. The van der Waals surface area contributed by atoms with E-state index in [4.69, 9.17) is 0 Å². The molecule has 2 N–H and O–H groups in total. The minimum atomic E-state index is -3.12. The van der Waals surface area contributed by atoms with Crippen LogP contribution in [0.2, 0.25) is 0 Å². The fourth-order valence-corrected chi connectivity index (χ4v) is 3.72. The third kappa shape index (κ3) is 8.24. The van der Waals surface area contributed by atoms with Crippen molar-refractivity contribution in [1.82, 2.24) is 24.7 Å². The average molecular weight is 529 g/mol. The highest BCUT2D eigenvalue weighted by Crippen LogP contribution is 2.14. The highest BCUT2D eigenvalue weighted by atomic mass is 127. The Balaban J connectivity index is 0.00000729. The predicted octanol–water partition coefficient (Wildman–Crippen LogP) is 1.81. The van der Waals surface area contributed by atoms with Crippen molar-refractivity contribution in [1.29, 1.82) is 0 Å². The van der Waals surface area contributed by atoms with Crippen molar-refractivity contribution >= 4 is 40.0 Å². The van der Waals surface area contributed by atoms with E-state index in [1.807, 2.05) is 25.6 Å². The molecule has 164 valence electrons.